The van der Waals surface area contributed by atoms with Gasteiger partial charge in [-0.05, 0) is 93.2 Å². The van der Waals surface area contributed by atoms with E-state index < -0.39 is 17.8 Å². The van der Waals surface area contributed by atoms with Crippen molar-refractivity contribution in [2.24, 2.45) is 0 Å². The lowest BCUT2D eigenvalue weighted by Crippen LogP contribution is -2.54. The van der Waals surface area contributed by atoms with Crippen molar-refractivity contribution < 1.29 is 19.1 Å². The molecule has 0 spiro atoms. The van der Waals surface area contributed by atoms with Crippen molar-refractivity contribution in [2.75, 3.05) is 11.5 Å². The fourth-order valence-electron chi connectivity index (χ4n) is 2.56. The number of benzene rings is 2. The Kier molecular flexibility index (Phi) is 6.97. The molecule has 1 heterocycles. The maximum atomic E-state index is 12.9. The molecule has 1 N–H and O–H groups in total. The zero-order chi connectivity index (χ0) is 21.1. The molecule has 1 fully saturated rings. The molecule has 0 atom stereocenters. The molecule has 0 unspecified atom stereocenters. The first-order valence-electron chi connectivity index (χ1n) is 8.04. The predicted molar refractivity (Wildman–Crippen MR) is 129 cm³/mol. The van der Waals surface area contributed by atoms with Crippen LogP contribution in [0.4, 0.5) is 10.5 Å². The topological polar surface area (TPSA) is 75.7 Å². The highest BCUT2D eigenvalue weighted by Gasteiger charge is 2.36. The number of halogens is 3. The molecule has 2 aromatic rings. The number of rotatable bonds is 4. The van der Waals surface area contributed by atoms with E-state index in [1.807, 2.05) is 0 Å². The highest BCUT2D eigenvalue weighted by atomic mass is 127. The van der Waals surface area contributed by atoms with Crippen molar-refractivity contribution in [3.05, 3.63) is 59.1 Å². The first-order chi connectivity index (χ1) is 13.8. The van der Waals surface area contributed by atoms with Crippen molar-refractivity contribution in [2.45, 2.75) is 0 Å². The zero-order valence-corrected chi connectivity index (χ0v) is 20.4. The van der Waals surface area contributed by atoms with Crippen LogP contribution in [-0.2, 0) is 9.59 Å². The van der Waals surface area contributed by atoms with Crippen LogP contribution in [0.1, 0.15) is 5.56 Å². The number of imide groups is 2. The summed E-state index contributed by atoms with van der Waals surface area (Å²) in [5.41, 5.74) is 0.836. The second-order valence-electron chi connectivity index (χ2n) is 5.74. The average Bonchev–Trinajstić information content (AvgIpc) is 2.66. The second-order valence-corrected chi connectivity index (χ2v) is 8.98. The number of urea groups is 1. The Hall–Kier alpha value is -1.91. The monoisotopic (exact) mass is 676 g/mol. The van der Waals surface area contributed by atoms with E-state index in [2.05, 4.69) is 72.3 Å². The minimum Gasteiger partial charge on any atom is -0.479 e. The Labute approximate surface area is 202 Å². The molecule has 1 aliphatic rings. The number of barbiturate groups is 1. The number of nitrogens with zero attached hydrogens (tertiary/aromatic N) is 1. The summed E-state index contributed by atoms with van der Waals surface area (Å²) in [6.07, 6.45) is 6.68. The quantitative estimate of drug-likeness (QED) is 0.227. The third-order valence-corrected chi connectivity index (χ3v) is 5.95. The van der Waals surface area contributed by atoms with Crippen LogP contribution < -0.4 is 15.0 Å². The van der Waals surface area contributed by atoms with E-state index in [9.17, 15) is 14.4 Å². The summed E-state index contributed by atoms with van der Waals surface area (Å²) in [4.78, 5) is 38.4. The molecular weight excluding hydrogens is 666 g/mol. The average molecular weight is 677 g/mol. The lowest BCUT2D eigenvalue weighted by molar-refractivity contribution is -0.122. The maximum absolute atomic E-state index is 12.9. The molecule has 29 heavy (non-hydrogen) atoms. The number of anilines is 1. The first-order valence-corrected chi connectivity index (χ1v) is 11.0. The van der Waals surface area contributed by atoms with E-state index in [1.165, 1.54) is 6.08 Å². The van der Waals surface area contributed by atoms with Crippen LogP contribution in [0, 0.1) is 19.5 Å². The Morgan fingerprint density at radius 3 is 2.34 bits per heavy atom. The van der Waals surface area contributed by atoms with Gasteiger partial charge in [-0.1, -0.05) is 21.9 Å². The van der Waals surface area contributed by atoms with Gasteiger partial charge in [-0.25, -0.2) is 9.69 Å². The van der Waals surface area contributed by atoms with Crippen molar-refractivity contribution in [1.29, 1.82) is 0 Å². The number of terminal acetylenes is 1. The summed E-state index contributed by atoms with van der Waals surface area (Å²) >= 11 is 7.50. The summed E-state index contributed by atoms with van der Waals surface area (Å²) in [5, 5.41) is 2.21. The number of carbonyl (C=O) groups excluding carboxylic acids is 3. The number of hydrogen-bond acceptors (Lipinski definition) is 4. The molecule has 9 heteroatoms. The highest BCUT2D eigenvalue weighted by Crippen LogP contribution is 2.30. The number of ether oxygens (including phenoxy) is 1. The van der Waals surface area contributed by atoms with Crippen LogP contribution in [0.25, 0.3) is 6.08 Å². The van der Waals surface area contributed by atoms with Gasteiger partial charge < -0.3 is 4.74 Å². The van der Waals surface area contributed by atoms with Crippen molar-refractivity contribution >= 4 is 90.7 Å². The van der Waals surface area contributed by atoms with Gasteiger partial charge in [0, 0.05) is 4.47 Å². The summed E-state index contributed by atoms with van der Waals surface area (Å²) in [6.45, 7) is 0.137. The molecule has 0 radical (unpaired) electrons. The van der Waals surface area contributed by atoms with Gasteiger partial charge in [-0.15, -0.1) is 6.42 Å². The fraction of sp³-hybridized carbons (Fsp3) is 0.0500. The van der Waals surface area contributed by atoms with Crippen LogP contribution in [0.5, 0.6) is 5.75 Å². The standard InChI is InChI=1S/C20H11BrI2N2O4/c1-2-7-29-17-15(22)9-11(10-16(17)23)8-14-18(26)24-20(28)25(19(14)27)13-5-3-12(21)4-6-13/h1,3-6,8-10H,7H2,(H,24,26,28)/b14-8+. The van der Waals surface area contributed by atoms with Gasteiger partial charge in [0.05, 0.1) is 12.8 Å². The molecule has 146 valence electrons. The van der Waals surface area contributed by atoms with Crippen molar-refractivity contribution in [3.63, 3.8) is 0 Å². The van der Waals surface area contributed by atoms with E-state index in [0.717, 1.165) is 16.5 Å². The van der Waals surface area contributed by atoms with Crippen LogP contribution in [0.2, 0.25) is 0 Å². The van der Waals surface area contributed by atoms with E-state index in [0.29, 0.717) is 17.0 Å². The van der Waals surface area contributed by atoms with Crippen LogP contribution in [-0.4, -0.2) is 24.5 Å². The predicted octanol–water partition coefficient (Wildman–Crippen LogP) is 4.34. The van der Waals surface area contributed by atoms with Crippen LogP contribution in [0.3, 0.4) is 0 Å². The number of carbonyl (C=O) groups is 3. The number of amides is 4. The SMILES string of the molecule is C#CCOc1c(I)cc(/C=C2\C(=O)NC(=O)N(c3ccc(Br)cc3)C2=O)cc1I. The van der Waals surface area contributed by atoms with Gasteiger partial charge in [-0.2, -0.15) is 0 Å². The zero-order valence-electron chi connectivity index (χ0n) is 14.5. The molecule has 0 saturated carbocycles. The largest absolute Gasteiger partial charge is 0.479 e. The van der Waals surface area contributed by atoms with Gasteiger partial charge in [-0.3, -0.25) is 14.9 Å². The summed E-state index contributed by atoms with van der Waals surface area (Å²) in [6, 6.07) is 9.37. The molecule has 1 saturated heterocycles. The van der Waals surface area contributed by atoms with Gasteiger partial charge >= 0.3 is 6.03 Å². The minimum absolute atomic E-state index is 0.137. The van der Waals surface area contributed by atoms with E-state index in [1.54, 1.807) is 36.4 Å². The molecule has 0 aliphatic carbocycles. The maximum Gasteiger partial charge on any atom is 0.335 e. The van der Waals surface area contributed by atoms with Gasteiger partial charge in [0.2, 0.25) is 0 Å². The Morgan fingerprint density at radius 2 is 1.76 bits per heavy atom. The molecule has 2 aromatic carbocycles. The lowest BCUT2D eigenvalue weighted by Gasteiger charge is -2.26. The number of nitrogens with one attached hydrogen (secondary N) is 1. The lowest BCUT2D eigenvalue weighted by atomic mass is 10.1. The molecule has 4 amide bonds. The van der Waals surface area contributed by atoms with Crippen molar-refractivity contribution in [1.82, 2.24) is 5.32 Å². The van der Waals surface area contributed by atoms with Gasteiger partial charge in [0.25, 0.3) is 11.8 Å². The molecule has 3 rings (SSSR count). The smallest absolute Gasteiger partial charge is 0.335 e. The van der Waals surface area contributed by atoms with Crippen LogP contribution >= 0.6 is 61.1 Å². The molecule has 0 aromatic heterocycles. The van der Waals surface area contributed by atoms with E-state index in [-0.39, 0.29) is 12.2 Å². The summed E-state index contributed by atoms with van der Waals surface area (Å²) in [7, 11) is 0. The molecule has 0 bridgehead atoms. The summed E-state index contributed by atoms with van der Waals surface area (Å²) < 4.78 is 7.89. The third kappa shape index (κ3) is 4.81. The van der Waals surface area contributed by atoms with Gasteiger partial charge in [0.1, 0.15) is 17.9 Å². The normalized spacial score (nSPS) is 15.3. The minimum atomic E-state index is -0.790. The second kappa shape index (κ2) is 9.27. The highest BCUT2D eigenvalue weighted by molar-refractivity contribution is 14.1. The van der Waals surface area contributed by atoms with E-state index in [4.69, 9.17) is 11.2 Å². The Balaban J connectivity index is 1.98. The molecule has 6 nitrogen and oxygen atoms in total. The molecular formula is C20H11BrI2N2O4. The number of hydrogen-bond donors (Lipinski definition) is 1. The Bertz CT molecular complexity index is 1070. The van der Waals surface area contributed by atoms with Gasteiger partial charge in [0.15, 0.2) is 0 Å². The van der Waals surface area contributed by atoms with Crippen molar-refractivity contribution in [3.8, 4) is 18.1 Å². The summed E-state index contributed by atoms with van der Waals surface area (Å²) in [5.74, 6) is 1.61. The van der Waals surface area contributed by atoms with E-state index >= 15 is 0 Å². The third-order valence-electron chi connectivity index (χ3n) is 3.82. The first kappa shape index (κ1) is 21.8. The van der Waals surface area contributed by atoms with Crippen LogP contribution in [0.15, 0.2) is 46.4 Å². The Morgan fingerprint density at radius 1 is 1.14 bits per heavy atom. The molecule has 1 aliphatic heterocycles. The fourth-order valence-corrected chi connectivity index (χ4v) is 4.96.